The Balaban J connectivity index is 1.52. The number of nitrogens with zero attached hydrogens (tertiary/aromatic N) is 2. The first kappa shape index (κ1) is 25.3. The van der Waals surface area contributed by atoms with Gasteiger partial charge < -0.3 is 9.64 Å². The van der Waals surface area contributed by atoms with E-state index in [-0.39, 0.29) is 17.3 Å². The molecule has 0 aliphatic carbocycles. The summed E-state index contributed by atoms with van der Waals surface area (Å²) in [7, 11) is -2.31. The largest absolute Gasteiger partial charge is 0.497 e. The third kappa shape index (κ3) is 4.04. The van der Waals surface area contributed by atoms with Gasteiger partial charge in [0.2, 0.25) is 15.9 Å². The van der Waals surface area contributed by atoms with Crippen LogP contribution < -0.4 is 9.64 Å². The van der Waals surface area contributed by atoms with Crippen molar-refractivity contribution in [2.45, 2.75) is 36.2 Å². The van der Waals surface area contributed by atoms with Crippen LogP contribution in [0.15, 0.2) is 108 Å². The van der Waals surface area contributed by atoms with Crippen LogP contribution in [0.5, 0.6) is 5.75 Å². The number of amides is 1. The van der Waals surface area contributed by atoms with Crippen molar-refractivity contribution in [1.82, 2.24) is 4.31 Å². The van der Waals surface area contributed by atoms with E-state index in [0.29, 0.717) is 18.7 Å². The molecule has 0 unspecified atom stereocenters. The second-order valence-electron chi connectivity index (χ2n) is 10.2. The molecule has 0 aromatic heterocycles. The standard InChI is InChI=1S/C32H30N2O4S/c1-23-12-18-27(19-13-23)39(36,37)34-21-20-32(30(34)25-14-16-26(38-2)17-15-25)28-10-6-7-11-29(28)33(31(32)35)22-24-8-4-3-5-9-24/h3-19,30H,20-22H2,1-2H3/t30-,32+/m1/s1. The molecule has 0 N–H and O–H groups in total. The Kier molecular flexibility index (Phi) is 6.28. The molecule has 4 aromatic rings. The Morgan fingerprint density at radius 2 is 1.54 bits per heavy atom. The molecule has 0 bridgehead atoms. The number of ether oxygens (including phenoxy) is 1. The third-order valence-electron chi connectivity index (χ3n) is 8.03. The molecule has 2 heterocycles. The third-order valence-corrected chi connectivity index (χ3v) is 9.90. The molecule has 0 saturated carbocycles. The summed E-state index contributed by atoms with van der Waals surface area (Å²) in [4.78, 5) is 16.7. The maximum Gasteiger partial charge on any atom is 0.243 e. The van der Waals surface area contributed by atoms with Crippen LogP contribution in [0, 0.1) is 6.92 Å². The van der Waals surface area contributed by atoms with Gasteiger partial charge in [0.05, 0.1) is 30.0 Å². The highest BCUT2D eigenvalue weighted by Crippen LogP contribution is 2.58. The van der Waals surface area contributed by atoms with Crippen LogP contribution in [-0.2, 0) is 26.8 Å². The summed E-state index contributed by atoms with van der Waals surface area (Å²) < 4.78 is 35.2. The molecule has 1 saturated heterocycles. The van der Waals surface area contributed by atoms with E-state index in [1.54, 1.807) is 31.4 Å². The first-order chi connectivity index (χ1) is 18.9. The average Bonchev–Trinajstić information content (AvgIpc) is 3.48. The lowest BCUT2D eigenvalue weighted by Crippen LogP contribution is -2.45. The molecular weight excluding hydrogens is 508 g/mol. The normalized spacial score (nSPS) is 20.9. The molecule has 39 heavy (non-hydrogen) atoms. The second kappa shape index (κ2) is 9.67. The highest BCUT2D eigenvalue weighted by Gasteiger charge is 2.62. The lowest BCUT2D eigenvalue weighted by atomic mass is 9.73. The highest BCUT2D eigenvalue weighted by molar-refractivity contribution is 7.89. The molecule has 2 atom stereocenters. The van der Waals surface area contributed by atoms with Gasteiger partial charge in [-0.25, -0.2) is 8.42 Å². The zero-order chi connectivity index (χ0) is 27.2. The molecule has 0 radical (unpaired) electrons. The molecule has 1 amide bonds. The Hall–Kier alpha value is -3.94. The summed E-state index contributed by atoms with van der Waals surface area (Å²) in [6.07, 6.45) is 0.385. The molecule has 1 fully saturated rings. The number of benzene rings is 4. The topological polar surface area (TPSA) is 66.9 Å². The van der Waals surface area contributed by atoms with Crippen molar-refractivity contribution in [3.63, 3.8) is 0 Å². The number of hydrogen-bond acceptors (Lipinski definition) is 4. The number of carbonyl (C=O) groups excluding carboxylic acids is 1. The predicted molar refractivity (Wildman–Crippen MR) is 151 cm³/mol. The van der Waals surface area contributed by atoms with Gasteiger partial charge in [0, 0.05) is 12.2 Å². The van der Waals surface area contributed by atoms with Crippen molar-refractivity contribution in [3.8, 4) is 5.75 Å². The zero-order valence-electron chi connectivity index (χ0n) is 21.9. The number of carbonyl (C=O) groups is 1. The Labute approximate surface area is 229 Å². The maximum atomic E-state index is 14.6. The molecule has 1 spiro atoms. The summed E-state index contributed by atoms with van der Waals surface area (Å²) in [5.74, 6) is 0.595. The summed E-state index contributed by atoms with van der Waals surface area (Å²) in [6, 6.07) is 31.3. The molecule has 7 heteroatoms. The van der Waals surface area contributed by atoms with Gasteiger partial charge >= 0.3 is 0 Å². The van der Waals surface area contributed by atoms with Crippen LogP contribution in [0.2, 0.25) is 0 Å². The molecule has 198 valence electrons. The number of fused-ring (bicyclic) bond motifs is 2. The number of hydrogen-bond donors (Lipinski definition) is 0. The van der Waals surface area contributed by atoms with Crippen LogP contribution in [0.3, 0.4) is 0 Å². The number of methoxy groups -OCH3 is 1. The van der Waals surface area contributed by atoms with Crippen molar-refractivity contribution < 1.29 is 17.9 Å². The van der Waals surface area contributed by atoms with Crippen LogP contribution in [0.1, 0.15) is 34.7 Å². The quantitative estimate of drug-likeness (QED) is 0.319. The second-order valence-corrected chi connectivity index (χ2v) is 12.1. The Morgan fingerprint density at radius 3 is 2.23 bits per heavy atom. The minimum atomic E-state index is -3.90. The minimum absolute atomic E-state index is 0.0741. The van der Waals surface area contributed by atoms with Gasteiger partial charge in [0.1, 0.15) is 5.75 Å². The Bertz CT molecular complexity index is 1620. The summed E-state index contributed by atoms with van der Waals surface area (Å²) >= 11 is 0. The van der Waals surface area contributed by atoms with E-state index < -0.39 is 21.5 Å². The van der Waals surface area contributed by atoms with Crippen molar-refractivity contribution in [3.05, 3.63) is 125 Å². The van der Waals surface area contributed by atoms with E-state index in [9.17, 15) is 13.2 Å². The van der Waals surface area contributed by atoms with Gasteiger partial charge in [-0.1, -0.05) is 78.4 Å². The van der Waals surface area contributed by atoms with E-state index in [4.69, 9.17) is 4.74 Å². The van der Waals surface area contributed by atoms with Gasteiger partial charge in [-0.2, -0.15) is 4.31 Å². The van der Waals surface area contributed by atoms with Gasteiger partial charge in [-0.05, 0) is 60.4 Å². The summed E-state index contributed by atoms with van der Waals surface area (Å²) in [6.45, 7) is 2.57. The van der Waals surface area contributed by atoms with Gasteiger partial charge in [-0.15, -0.1) is 0 Å². The van der Waals surface area contributed by atoms with Crippen molar-refractivity contribution >= 4 is 21.6 Å². The molecule has 4 aromatic carbocycles. The van der Waals surface area contributed by atoms with Gasteiger partial charge in [0.15, 0.2) is 0 Å². The lowest BCUT2D eigenvalue weighted by Gasteiger charge is -2.34. The minimum Gasteiger partial charge on any atom is -0.497 e. The van der Waals surface area contributed by atoms with Crippen LogP contribution in [0.4, 0.5) is 5.69 Å². The summed E-state index contributed by atoms with van der Waals surface area (Å²) in [5.41, 5.74) is 3.40. The van der Waals surface area contributed by atoms with E-state index >= 15 is 0 Å². The Morgan fingerprint density at radius 1 is 0.872 bits per heavy atom. The predicted octanol–water partition coefficient (Wildman–Crippen LogP) is 5.62. The molecule has 6 rings (SSSR count). The van der Waals surface area contributed by atoms with Crippen LogP contribution >= 0.6 is 0 Å². The van der Waals surface area contributed by atoms with Gasteiger partial charge in [-0.3, -0.25) is 4.79 Å². The maximum absolute atomic E-state index is 14.6. The fraction of sp³-hybridized carbons (Fsp3) is 0.219. The molecule has 6 nitrogen and oxygen atoms in total. The fourth-order valence-electron chi connectivity index (χ4n) is 6.12. The van der Waals surface area contributed by atoms with E-state index in [1.165, 1.54) is 4.31 Å². The highest BCUT2D eigenvalue weighted by atomic mass is 32.2. The zero-order valence-corrected chi connectivity index (χ0v) is 22.8. The van der Waals surface area contributed by atoms with E-state index in [0.717, 1.165) is 27.9 Å². The number of rotatable bonds is 6. The van der Waals surface area contributed by atoms with Gasteiger partial charge in [0.25, 0.3) is 0 Å². The molecular formula is C32H30N2O4S. The van der Waals surface area contributed by atoms with Crippen molar-refractivity contribution in [2.75, 3.05) is 18.6 Å². The fourth-order valence-corrected chi connectivity index (χ4v) is 7.78. The van der Waals surface area contributed by atoms with Crippen molar-refractivity contribution in [2.24, 2.45) is 0 Å². The number of anilines is 1. The first-order valence-corrected chi connectivity index (χ1v) is 14.5. The SMILES string of the molecule is COc1ccc([C@H]2N(S(=O)(=O)c3ccc(C)cc3)CC[C@@]23C(=O)N(Cc2ccccc2)c2ccccc23)cc1. The van der Waals surface area contributed by atoms with Crippen LogP contribution in [0.25, 0.3) is 0 Å². The monoisotopic (exact) mass is 538 g/mol. The smallest absolute Gasteiger partial charge is 0.243 e. The number of aryl methyl sites for hydroxylation is 1. The van der Waals surface area contributed by atoms with Crippen LogP contribution in [-0.4, -0.2) is 32.3 Å². The van der Waals surface area contributed by atoms with Crippen molar-refractivity contribution in [1.29, 1.82) is 0 Å². The summed E-state index contributed by atoms with van der Waals surface area (Å²) in [5, 5.41) is 0. The molecule has 2 aliphatic rings. The van der Waals surface area contributed by atoms with E-state index in [1.807, 2.05) is 90.7 Å². The van der Waals surface area contributed by atoms with E-state index in [2.05, 4.69) is 0 Å². The first-order valence-electron chi connectivity index (χ1n) is 13.0. The number of para-hydroxylation sites is 1. The molecule has 2 aliphatic heterocycles. The number of sulfonamides is 1. The lowest BCUT2D eigenvalue weighted by molar-refractivity contribution is -0.124. The average molecular weight is 539 g/mol.